The average Bonchev–Trinajstić information content (AvgIpc) is 2.66. The number of urea groups is 1. The number of carbonyl (C=O) groups excluding carboxylic acids is 1. The van der Waals surface area contributed by atoms with E-state index in [1.54, 1.807) is 12.1 Å². The smallest absolute Gasteiger partial charge is 0.414 e. The largest absolute Gasteiger partial charge is 0.508 e. The van der Waals surface area contributed by atoms with E-state index in [1.165, 1.54) is 12.1 Å². The van der Waals surface area contributed by atoms with Gasteiger partial charge in [0.05, 0.1) is 6.61 Å². The summed E-state index contributed by atoms with van der Waals surface area (Å²) in [6.07, 6.45) is -0.683. The van der Waals surface area contributed by atoms with Crippen LogP contribution in [0.15, 0.2) is 24.3 Å². The number of aliphatic hydroxyl groups is 2. The molecule has 2 amide bonds. The van der Waals surface area contributed by atoms with Crippen molar-refractivity contribution in [1.82, 2.24) is 16.0 Å². The molecule has 0 aliphatic carbocycles. The van der Waals surface area contributed by atoms with E-state index in [0.717, 1.165) is 0 Å². The maximum atomic E-state index is 11.1. The molecular formula is C16H25N3O9. The van der Waals surface area contributed by atoms with Crippen molar-refractivity contribution < 1.29 is 44.7 Å². The van der Waals surface area contributed by atoms with Gasteiger partial charge in [-0.3, -0.25) is 0 Å². The Bertz CT molecular complexity index is 584. The molecule has 0 saturated carbocycles. The number of aromatic hydroxyl groups is 1. The highest BCUT2D eigenvalue weighted by Crippen LogP contribution is 2.15. The van der Waals surface area contributed by atoms with E-state index < -0.39 is 18.0 Å². The minimum Gasteiger partial charge on any atom is -0.508 e. The average molecular weight is 403 g/mol. The van der Waals surface area contributed by atoms with E-state index in [-0.39, 0.29) is 31.5 Å². The minimum atomic E-state index is -1.82. The highest BCUT2D eigenvalue weighted by molar-refractivity contribution is 6.27. The van der Waals surface area contributed by atoms with E-state index in [9.17, 15) is 9.90 Å². The Morgan fingerprint density at radius 1 is 0.964 bits per heavy atom. The molecule has 1 atom stereocenters. The predicted molar refractivity (Wildman–Crippen MR) is 96.2 cm³/mol. The van der Waals surface area contributed by atoms with Gasteiger partial charge in [-0.15, -0.1) is 0 Å². The lowest BCUT2D eigenvalue weighted by molar-refractivity contribution is -0.159. The molecular weight excluding hydrogens is 378 g/mol. The highest BCUT2D eigenvalue weighted by Gasteiger charge is 2.05. The SMILES string of the molecule is O=C(NCCO)NCCNCC(O)COc1ccc(O)cc1.O=C(O)C(=O)O. The summed E-state index contributed by atoms with van der Waals surface area (Å²) in [5.41, 5.74) is 0. The Morgan fingerprint density at radius 3 is 2.07 bits per heavy atom. The number of aliphatic hydroxyl groups excluding tert-OH is 2. The van der Waals surface area contributed by atoms with Crippen LogP contribution in [0, 0.1) is 0 Å². The second-order valence-corrected chi connectivity index (χ2v) is 5.18. The number of rotatable bonds is 10. The zero-order valence-electron chi connectivity index (χ0n) is 15.0. The lowest BCUT2D eigenvalue weighted by atomic mass is 10.3. The number of amides is 2. The Balaban J connectivity index is 0.00000105. The summed E-state index contributed by atoms with van der Waals surface area (Å²) in [5, 5.41) is 50.2. The quantitative estimate of drug-likeness (QED) is 0.162. The summed E-state index contributed by atoms with van der Waals surface area (Å²) in [4.78, 5) is 29.3. The van der Waals surface area contributed by atoms with Crippen LogP contribution in [-0.4, -0.2) is 89.0 Å². The fraction of sp³-hybridized carbons (Fsp3) is 0.438. The highest BCUT2D eigenvalue weighted by atomic mass is 16.5. The van der Waals surface area contributed by atoms with Crippen LogP contribution >= 0.6 is 0 Å². The molecule has 1 aromatic rings. The number of ether oxygens (including phenoxy) is 1. The van der Waals surface area contributed by atoms with Gasteiger partial charge in [0, 0.05) is 26.2 Å². The summed E-state index contributed by atoms with van der Waals surface area (Å²) in [6.45, 7) is 1.48. The van der Waals surface area contributed by atoms with Crippen LogP contribution < -0.4 is 20.7 Å². The van der Waals surface area contributed by atoms with Crippen molar-refractivity contribution in [2.45, 2.75) is 6.10 Å². The molecule has 158 valence electrons. The van der Waals surface area contributed by atoms with Crippen molar-refractivity contribution >= 4 is 18.0 Å². The fourth-order valence-corrected chi connectivity index (χ4v) is 1.56. The number of benzene rings is 1. The zero-order chi connectivity index (χ0) is 21.4. The number of hydrogen-bond donors (Lipinski definition) is 8. The van der Waals surface area contributed by atoms with Crippen LogP contribution in [-0.2, 0) is 9.59 Å². The predicted octanol–water partition coefficient (Wildman–Crippen LogP) is -1.83. The van der Waals surface area contributed by atoms with E-state index in [4.69, 9.17) is 34.8 Å². The van der Waals surface area contributed by atoms with Gasteiger partial charge in [0.15, 0.2) is 0 Å². The number of nitrogens with one attached hydrogen (secondary N) is 3. The van der Waals surface area contributed by atoms with Crippen molar-refractivity contribution in [1.29, 1.82) is 0 Å². The molecule has 1 rings (SSSR count). The van der Waals surface area contributed by atoms with Crippen LogP contribution in [0.2, 0.25) is 0 Å². The van der Waals surface area contributed by atoms with Crippen molar-refractivity contribution in [2.75, 3.05) is 39.4 Å². The van der Waals surface area contributed by atoms with Crippen LogP contribution in [0.3, 0.4) is 0 Å². The Hall–Kier alpha value is -3.09. The van der Waals surface area contributed by atoms with Gasteiger partial charge < -0.3 is 46.2 Å². The normalized spacial score (nSPS) is 10.8. The molecule has 0 aromatic heterocycles. The van der Waals surface area contributed by atoms with Crippen LogP contribution in [0.5, 0.6) is 11.5 Å². The van der Waals surface area contributed by atoms with Gasteiger partial charge in [0.1, 0.15) is 24.2 Å². The van der Waals surface area contributed by atoms with Crippen molar-refractivity contribution in [3.63, 3.8) is 0 Å². The van der Waals surface area contributed by atoms with Gasteiger partial charge >= 0.3 is 18.0 Å². The molecule has 0 heterocycles. The summed E-state index contributed by atoms with van der Waals surface area (Å²) >= 11 is 0. The second-order valence-electron chi connectivity index (χ2n) is 5.18. The molecule has 28 heavy (non-hydrogen) atoms. The van der Waals surface area contributed by atoms with Gasteiger partial charge in [-0.2, -0.15) is 0 Å². The first-order chi connectivity index (χ1) is 13.3. The topological polar surface area (TPSA) is 198 Å². The third-order valence-corrected chi connectivity index (χ3v) is 2.83. The van der Waals surface area contributed by atoms with Gasteiger partial charge in [-0.1, -0.05) is 0 Å². The van der Waals surface area contributed by atoms with Crippen molar-refractivity contribution in [2.24, 2.45) is 0 Å². The van der Waals surface area contributed by atoms with Crippen molar-refractivity contribution in [3.05, 3.63) is 24.3 Å². The molecule has 0 radical (unpaired) electrons. The van der Waals surface area contributed by atoms with Crippen LogP contribution in [0.1, 0.15) is 0 Å². The molecule has 0 aliphatic rings. The first-order valence-corrected chi connectivity index (χ1v) is 8.15. The van der Waals surface area contributed by atoms with E-state index in [2.05, 4.69) is 16.0 Å². The minimum absolute atomic E-state index is 0.0983. The maximum absolute atomic E-state index is 11.1. The third-order valence-electron chi connectivity index (χ3n) is 2.83. The molecule has 0 fully saturated rings. The molecule has 0 aliphatic heterocycles. The van der Waals surface area contributed by atoms with Gasteiger partial charge in [0.2, 0.25) is 0 Å². The molecule has 8 N–H and O–H groups in total. The zero-order valence-corrected chi connectivity index (χ0v) is 15.0. The second kappa shape index (κ2) is 15.0. The standard InChI is InChI=1S/C14H23N3O5.C2H2O4/c18-8-7-17-14(21)16-6-5-15-9-12(20)10-22-13-3-1-11(19)2-4-13;3-1(4)2(5)6/h1-4,12,15,18-20H,5-10H2,(H2,16,17,21);(H,3,4)(H,5,6). The lowest BCUT2D eigenvalue weighted by Gasteiger charge is -2.13. The Morgan fingerprint density at radius 2 is 1.54 bits per heavy atom. The first kappa shape index (κ1) is 24.9. The van der Waals surface area contributed by atoms with Gasteiger partial charge in [-0.05, 0) is 24.3 Å². The number of phenolic OH excluding ortho intramolecular Hbond substituents is 1. The number of carbonyl (C=O) groups is 3. The van der Waals surface area contributed by atoms with E-state index in [0.29, 0.717) is 25.4 Å². The maximum Gasteiger partial charge on any atom is 0.414 e. The van der Waals surface area contributed by atoms with Gasteiger partial charge in [-0.25, -0.2) is 14.4 Å². The molecule has 0 spiro atoms. The molecule has 12 heteroatoms. The third kappa shape index (κ3) is 14.1. The summed E-state index contributed by atoms with van der Waals surface area (Å²) in [5.74, 6) is -2.92. The number of hydrogen-bond acceptors (Lipinski definition) is 8. The van der Waals surface area contributed by atoms with Gasteiger partial charge in [0.25, 0.3) is 0 Å². The summed E-state index contributed by atoms with van der Waals surface area (Å²) in [7, 11) is 0. The molecule has 0 saturated heterocycles. The number of carboxylic acid groups (broad SMARTS) is 2. The summed E-state index contributed by atoms with van der Waals surface area (Å²) < 4.78 is 5.36. The monoisotopic (exact) mass is 403 g/mol. The Labute approximate surface area is 160 Å². The number of aliphatic carboxylic acids is 2. The molecule has 1 aromatic carbocycles. The fourth-order valence-electron chi connectivity index (χ4n) is 1.56. The number of carboxylic acids is 2. The Kier molecular flexibility index (Phi) is 13.4. The summed E-state index contributed by atoms with van der Waals surface area (Å²) in [6, 6.07) is 5.91. The van der Waals surface area contributed by atoms with E-state index >= 15 is 0 Å². The molecule has 1 unspecified atom stereocenters. The van der Waals surface area contributed by atoms with Crippen molar-refractivity contribution in [3.8, 4) is 11.5 Å². The first-order valence-electron chi connectivity index (χ1n) is 8.15. The molecule has 12 nitrogen and oxygen atoms in total. The lowest BCUT2D eigenvalue weighted by Crippen LogP contribution is -2.41. The molecule has 0 bridgehead atoms. The number of phenols is 1. The van der Waals surface area contributed by atoms with Crippen LogP contribution in [0.4, 0.5) is 4.79 Å². The van der Waals surface area contributed by atoms with E-state index in [1.807, 2.05) is 0 Å². The van der Waals surface area contributed by atoms with Crippen LogP contribution in [0.25, 0.3) is 0 Å².